The van der Waals surface area contributed by atoms with Crippen molar-refractivity contribution in [2.75, 3.05) is 19.3 Å². The lowest BCUT2D eigenvalue weighted by atomic mass is 10.2. The second-order valence-electron chi connectivity index (χ2n) is 3.46. The molecule has 18 heavy (non-hydrogen) atoms. The van der Waals surface area contributed by atoms with Gasteiger partial charge in [0.2, 0.25) is 0 Å². The summed E-state index contributed by atoms with van der Waals surface area (Å²) in [6.45, 7) is -0.791. The molecule has 1 aromatic rings. The molecule has 1 heterocycles. The molecule has 98 valence electrons. The Morgan fingerprint density at radius 1 is 1.67 bits per heavy atom. The molecule has 0 fully saturated rings. The maximum absolute atomic E-state index is 12.1. The van der Waals surface area contributed by atoms with Crippen molar-refractivity contribution in [1.82, 2.24) is 9.88 Å². The van der Waals surface area contributed by atoms with Crippen LogP contribution in [0.2, 0.25) is 0 Å². The van der Waals surface area contributed by atoms with E-state index in [0.717, 1.165) is 24.2 Å². The van der Waals surface area contributed by atoms with Gasteiger partial charge in [-0.15, -0.1) is 0 Å². The summed E-state index contributed by atoms with van der Waals surface area (Å²) in [6, 6.07) is 0.909. The Bertz CT molecular complexity index is 481. The van der Waals surface area contributed by atoms with Crippen LogP contribution in [-0.4, -0.2) is 40.7 Å². The van der Waals surface area contributed by atoms with Crippen LogP contribution in [-0.2, 0) is 0 Å². The van der Waals surface area contributed by atoms with Gasteiger partial charge in [0.1, 0.15) is 12.0 Å². The minimum atomic E-state index is -2.70. The number of anilines is 1. The van der Waals surface area contributed by atoms with Crippen molar-refractivity contribution in [3.05, 3.63) is 27.9 Å². The molecule has 0 aliphatic rings. The standard InChI is InChI=1S/C9H10F2N4O3/c1-14(4-7(10)11)9(16)6-2-5(15(17)18)3-13-8(6)12/h2-3,7H,4H2,1H3,(H2,12,13). The molecule has 0 radical (unpaired) electrons. The number of amides is 1. The van der Waals surface area contributed by atoms with E-state index in [1.807, 2.05) is 0 Å². The average Bonchev–Trinajstić information content (AvgIpc) is 2.27. The SMILES string of the molecule is CN(CC(F)F)C(=O)c1cc([N+](=O)[O-])cnc1N. The Labute approximate surface area is 100 Å². The molecular formula is C9H10F2N4O3. The molecular weight excluding hydrogens is 250 g/mol. The van der Waals surface area contributed by atoms with E-state index in [9.17, 15) is 23.7 Å². The van der Waals surface area contributed by atoms with Crippen LogP contribution in [0.4, 0.5) is 20.3 Å². The van der Waals surface area contributed by atoms with Crippen molar-refractivity contribution in [3.63, 3.8) is 0 Å². The number of hydrogen-bond acceptors (Lipinski definition) is 5. The summed E-state index contributed by atoms with van der Waals surface area (Å²) in [5.41, 5.74) is 4.69. The van der Waals surface area contributed by atoms with E-state index in [0.29, 0.717) is 0 Å². The second kappa shape index (κ2) is 5.34. The van der Waals surface area contributed by atoms with E-state index in [4.69, 9.17) is 5.73 Å². The van der Waals surface area contributed by atoms with Gasteiger partial charge in [0, 0.05) is 13.1 Å². The summed E-state index contributed by atoms with van der Waals surface area (Å²) in [6.07, 6.45) is -1.81. The number of halogens is 2. The molecule has 7 nitrogen and oxygen atoms in total. The number of pyridine rings is 1. The molecule has 9 heteroatoms. The molecule has 0 aliphatic heterocycles. The maximum Gasteiger partial charge on any atom is 0.288 e. The maximum atomic E-state index is 12.1. The summed E-state index contributed by atoms with van der Waals surface area (Å²) in [4.78, 5) is 25.7. The second-order valence-corrected chi connectivity index (χ2v) is 3.46. The normalized spacial score (nSPS) is 10.4. The van der Waals surface area contributed by atoms with Crippen molar-refractivity contribution in [2.45, 2.75) is 6.43 Å². The molecule has 0 bridgehead atoms. The third-order valence-electron chi connectivity index (χ3n) is 2.10. The third-order valence-corrected chi connectivity index (χ3v) is 2.10. The van der Waals surface area contributed by atoms with Crippen molar-refractivity contribution in [3.8, 4) is 0 Å². The fourth-order valence-corrected chi connectivity index (χ4v) is 1.23. The Hall–Kier alpha value is -2.32. The highest BCUT2D eigenvalue weighted by molar-refractivity contribution is 5.98. The third kappa shape index (κ3) is 3.09. The lowest BCUT2D eigenvalue weighted by molar-refractivity contribution is -0.385. The number of carbonyl (C=O) groups is 1. The van der Waals surface area contributed by atoms with Gasteiger partial charge in [-0.1, -0.05) is 0 Å². The number of alkyl halides is 2. The number of carbonyl (C=O) groups excluding carboxylic acids is 1. The fraction of sp³-hybridized carbons (Fsp3) is 0.333. The zero-order chi connectivity index (χ0) is 13.9. The lowest BCUT2D eigenvalue weighted by Gasteiger charge is -2.16. The summed E-state index contributed by atoms with van der Waals surface area (Å²) in [5, 5.41) is 10.5. The molecule has 1 rings (SSSR count). The Balaban J connectivity index is 3.04. The van der Waals surface area contributed by atoms with E-state index in [1.54, 1.807) is 0 Å². The van der Waals surface area contributed by atoms with Crippen molar-refractivity contribution in [1.29, 1.82) is 0 Å². The van der Waals surface area contributed by atoms with Gasteiger partial charge in [-0.2, -0.15) is 0 Å². The number of nitro groups is 1. The van der Waals surface area contributed by atoms with Gasteiger partial charge in [0.25, 0.3) is 18.0 Å². The van der Waals surface area contributed by atoms with Crippen LogP contribution < -0.4 is 5.73 Å². The van der Waals surface area contributed by atoms with E-state index in [-0.39, 0.29) is 11.4 Å². The molecule has 0 spiro atoms. The summed E-state index contributed by atoms with van der Waals surface area (Å²) in [5.74, 6) is -1.09. The minimum absolute atomic E-state index is 0.244. The van der Waals surface area contributed by atoms with E-state index < -0.39 is 29.5 Å². The van der Waals surface area contributed by atoms with Gasteiger partial charge < -0.3 is 10.6 Å². The van der Waals surface area contributed by atoms with Gasteiger partial charge in [-0.25, -0.2) is 13.8 Å². The first-order valence-electron chi connectivity index (χ1n) is 4.76. The number of hydrogen-bond donors (Lipinski definition) is 1. The van der Waals surface area contributed by atoms with Gasteiger partial charge in [-0.05, 0) is 0 Å². The Kier molecular flexibility index (Phi) is 4.08. The van der Waals surface area contributed by atoms with Crippen LogP contribution in [0.25, 0.3) is 0 Å². The average molecular weight is 260 g/mol. The highest BCUT2D eigenvalue weighted by Crippen LogP contribution is 2.18. The van der Waals surface area contributed by atoms with Gasteiger partial charge in [0.15, 0.2) is 0 Å². The Morgan fingerprint density at radius 2 is 2.28 bits per heavy atom. The monoisotopic (exact) mass is 260 g/mol. The van der Waals surface area contributed by atoms with E-state index in [1.165, 1.54) is 0 Å². The molecule has 0 aliphatic carbocycles. The van der Waals surface area contributed by atoms with Crippen LogP contribution in [0.3, 0.4) is 0 Å². The van der Waals surface area contributed by atoms with Crippen LogP contribution in [0, 0.1) is 10.1 Å². The molecule has 1 amide bonds. The van der Waals surface area contributed by atoms with Crippen LogP contribution in [0.1, 0.15) is 10.4 Å². The van der Waals surface area contributed by atoms with Crippen LogP contribution >= 0.6 is 0 Å². The number of nitrogen functional groups attached to an aromatic ring is 1. The quantitative estimate of drug-likeness (QED) is 0.640. The number of nitrogens with two attached hydrogens (primary N) is 1. The van der Waals surface area contributed by atoms with Crippen LogP contribution in [0.15, 0.2) is 12.3 Å². The van der Waals surface area contributed by atoms with Gasteiger partial charge >= 0.3 is 0 Å². The van der Waals surface area contributed by atoms with Crippen LogP contribution in [0.5, 0.6) is 0 Å². The molecule has 0 unspecified atom stereocenters. The molecule has 1 aromatic heterocycles. The first-order valence-corrected chi connectivity index (χ1v) is 4.76. The Morgan fingerprint density at radius 3 is 2.78 bits per heavy atom. The highest BCUT2D eigenvalue weighted by Gasteiger charge is 2.21. The van der Waals surface area contributed by atoms with E-state index >= 15 is 0 Å². The molecule has 0 saturated carbocycles. The topological polar surface area (TPSA) is 102 Å². The summed E-state index contributed by atoms with van der Waals surface area (Å²) < 4.78 is 24.2. The molecule has 0 aromatic carbocycles. The lowest BCUT2D eigenvalue weighted by Crippen LogP contribution is -2.32. The van der Waals surface area contributed by atoms with Gasteiger partial charge in [0.05, 0.1) is 17.0 Å². The van der Waals surface area contributed by atoms with Crippen molar-refractivity contribution in [2.24, 2.45) is 0 Å². The van der Waals surface area contributed by atoms with Crippen molar-refractivity contribution >= 4 is 17.4 Å². The van der Waals surface area contributed by atoms with Gasteiger partial charge in [-0.3, -0.25) is 14.9 Å². The summed E-state index contributed by atoms with van der Waals surface area (Å²) >= 11 is 0. The number of aromatic nitrogens is 1. The molecule has 0 atom stereocenters. The first-order chi connectivity index (χ1) is 8.32. The zero-order valence-corrected chi connectivity index (χ0v) is 9.34. The fourth-order valence-electron chi connectivity index (χ4n) is 1.23. The summed E-state index contributed by atoms with van der Waals surface area (Å²) in [7, 11) is 1.15. The zero-order valence-electron chi connectivity index (χ0n) is 9.34. The minimum Gasteiger partial charge on any atom is -0.383 e. The number of nitrogens with zero attached hydrogens (tertiary/aromatic N) is 3. The molecule has 0 saturated heterocycles. The first kappa shape index (κ1) is 13.7. The predicted octanol–water partition coefficient (Wildman–Crippen LogP) is 0.909. The van der Waals surface area contributed by atoms with E-state index in [2.05, 4.69) is 4.98 Å². The largest absolute Gasteiger partial charge is 0.383 e. The molecule has 2 N–H and O–H groups in total. The number of rotatable bonds is 4. The smallest absolute Gasteiger partial charge is 0.288 e. The highest BCUT2D eigenvalue weighted by atomic mass is 19.3. The predicted molar refractivity (Wildman–Crippen MR) is 58.3 cm³/mol. The van der Waals surface area contributed by atoms with Crippen molar-refractivity contribution < 1.29 is 18.5 Å².